The number of hydrogen-bond acceptors (Lipinski definition) is 2. The fourth-order valence-electron chi connectivity index (χ4n) is 3.93. The van der Waals surface area contributed by atoms with E-state index in [4.69, 9.17) is 4.74 Å². The molecule has 2 unspecified atom stereocenters. The van der Waals surface area contributed by atoms with Gasteiger partial charge in [0.2, 0.25) is 0 Å². The normalized spacial score (nSPS) is 25.3. The lowest BCUT2D eigenvalue weighted by Crippen LogP contribution is -2.31. The Morgan fingerprint density at radius 1 is 1.45 bits per heavy atom. The van der Waals surface area contributed by atoms with Crippen molar-refractivity contribution in [1.82, 2.24) is 0 Å². The van der Waals surface area contributed by atoms with E-state index in [9.17, 15) is 5.11 Å². The molecule has 1 aliphatic heterocycles. The van der Waals surface area contributed by atoms with E-state index >= 15 is 0 Å². The summed E-state index contributed by atoms with van der Waals surface area (Å²) in [7, 11) is 0. The molecule has 2 aliphatic rings. The Kier molecular flexibility index (Phi) is 3.85. The Bertz CT molecular complexity index is 510. The molecule has 1 heterocycles. The quantitative estimate of drug-likeness (QED) is 0.898. The van der Waals surface area contributed by atoms with Crippen LogP contribution in [0.15, 0.2) is 16.6 Å². The highest BCUT2D eigenvalue weighted by Crippen LogP contribution is 2.45. The summed E-state index contributed by atoms with van der Waals surface area (Å²) in [6.45, 7) is 5.34. The first-order valence-corrected chi connectivity index (χ1v) is 8.39. The van der Waals surface area contributed by atoms with Crippen LogP contribution >= 0.6 is 15.9 Å². The van der Waals surface area contributed by atoms with Crippen LogP contribution in [0.25, 0.3) is 0 Å². The first kappa shape index (κ1) is 14.4. The Morgan fingerprint density at radius 2 is 2.25 bits per heavy atom. The summed E-state index contributed by atoms with van der Waals surface area (Å²) >= 11 is 3.57. The summed E-state index contributed by atoms with van der Waals surface area (Å²) in [5.74, 6) is 1.42. The van der Waals surface area contributed by atoms with E-state index in [-0.39, 0.29) is 11.5 Å². The van der Waals surface area contributed by atoms with Crippen molar-refractivity contribution < 1.29 is 9.84 Å². The monoisotopic (exact) mass is 338 g/mol. The molecule has 0 spiro atoms. The predicted molar refractivity (Wildman–Crippen MR) is 84.2 cm³/mol. The van der Waals surface area contributed by atoms with Crippen LogP contribution in [-0.2, 0) is 12.8 Å². The lowest BCUT2D eigenvalue weighted by Gasteiger charge is -2.31. The highest BCUT2D eigenvalue weighted by atomic mass is 79.9. The van der Waals surface area contributed by atoms with Gasteiger partial charge in [-0.15, -0.1) is 0 Å². The molecule has 2 nitrogen and oxygen atoms in total. The van der Waals surface area contributed by atoms with E-state index in [0.29, 0.717) is 12.3 Å². The maximum Gasteiger partial charge on any atom is 0.125 e. The summed E-state index contributed by atoms with van der Waals surface area (Å²) < 4.78 is 6.86. The molecule has 110 valence electrons. The van der Waals surface area contributed by atoms with Crippen LogP contribution in [0.2, 0.25) is 0 Å². The Hall–Kier alpha value is -0.540. The minimum absolute atomic E-state index is 0.259. The topological polar surface area (TPSA) is 29.5 Å². The summed E-state index contributed by atoms with van der Waals surface area (Å²) in [4.78, 5) is 0. The van der Waals surface area contributed by atoms with Gasteiger partial charge in [0.25, 0.3) is 0 Å². The van der Waals surface area contributed by atoms with Crippen LogP contribution in [0, 0.1) is 11.3 Å². The molecule has 1 aromatic rings. The van der Waals surface area contributed by atoms with Gasteiger partial charge in [-0.25, -0.2) is 0 Å². The molecule has 2 atom stereocenters. The van der Waals surface area contributed by atoms with E-state index in [1.165, 1.54) is 18.4 Å². The average molecular weight is 339 g/mol. The lowest BCUT2D eigenvalue weighted by molar-refractivity contribution is 0.0538. The molecule has 0 saturated heterocycles. The Labute approximate surface area is 129 Å². The SMILES string of the molecule is CC1(C)CCCC1C(O)Cc1cc(Br)cc2c1OCC2. The maximum absolute atomic E-state index is 10.7. The smallest absolute Gasteiger partial charge is 0.125 e. The standard InChI is InChI=1S/C17H23BrO2/c1-17(2)6-3-4-14(17)15(19)10-12-9-13(18)8-11-5-7-20-16(11)12/h8-9,14-15,19H,3-7,10H2,1-2H3. The molecule has 1 aliphatic carbocycles. The molecule has 0 radical (unpaired) electrons. The van der Waals surface area contributed by atoms with Crippen molar-refractivity contribution in [1.29, 1.82) is 0 Å². The predicted octanol–water partition coefficient (Wildman–Crippen LogP) is 4.11. The number of aliphatic hydroxyl groups excluding tert-OH is 1. The third kappa shape index (κ3) is 2.62. The van der Waals surface area contributed by atoms with Crippen molar-refractivity contribution in [3.8, 4) is 5.75 Å². The lowest BCUT2D eigenvalue weighted by atomic mass is 9.77. The third-order valence-corrected chi connectivity index (χ3v) is 5.52. The van der Waals surface area contributed by atoms with Crippen molar-refractivity contribution in [2.45, 2.75) is 52.1 Å². The second-order valence-electron chi connectivity index (χ2n) is 6.91. The Morgan fingerprint density at radius 3 is 2.95 bits per heavy atom. The summed E-state index contributed by atoms with van der Waals surface area (Å²) in [6, 6.07) is 4.24. The third-order valence-electron chi connectivity index (χ3n) is 5.06. The molecule has 0 aromatic heterocycles. The highest BCUT2D eigenvalue weighted by Gasteiger charge is 2.39. The zero-order valence-corrected chi connectivity index (χ0v) is 13.9. The van der Waals surface area contributed by atoms with Gasteiger partial charge < -0.3 is 9.84 Å². The van der Waals surface area contributed by atoms with Crippen LogP contribution in [0.1, 0.15) is 44.2 Å². The van der Waals surface area contributed by atoms with Crippen LogP contribution in [0.4, 0.5) is 0 Å². The van der Waals surface area contributed by atoms with Crippen LogP contribution in [0.5, 0.6) is 5.75 Å². The maximum atomic E-state index is 10.7. The highest BCUT2D eigenvalue weighted by molar-refractivity contribution is 9.10. The van der Waals surface area contributed by atoms with E-state index in [1.54, 1.807) is 0 Å². The molecule has 20 heavy (non-hydrogen) atoms. The van der Waals surface area contributed by atoms with E-state index < -0.39 is 0 Å². The van der Waals surface area contributed by atoms with Gasteiger partial charge in [-0.1, -0.05) is 36.2 Å². The van der Waals surface area contributed by atoms with Gasteiger partial charge in [-0.05, 0) is 47.4 Å². The van der Waals surface area contributed by atoms with Gasteiger partial charge in [0.1, 0.15) is 5.75 Å². The molecular weight excluding hydrogens is 316 g/mol. The minimum Gasteiger partial charge on any atom is -0.493 e. The zero-order valence-electron chi connectivity index (χ0n) is 12.3. The van der Waals surface area contributed by atoms with Gasteiger partial charge in [0, 0.05) is 17.3 Å². The van der Waals surface area contributed by atoms with E-state index in [1.807, 2.05) is 0 Å². The van der Waals surface area contributed by atoms with E-state index in [2.05, 4.69) is 41.9 Å². The number of rotatable bonds is 3. The molecular formula is C17H23BrO2. The van der Waals surface area contributed by atoms with E-state index in [0.717, 1.165) is 35.2 Å². The van der Waals surface area contributed by atoms with Crippen molar-refractivity contribution in [2.75, 3.05) is 6.61 Å². The first-order chi connectivity index (χ1) is 9.47. The summed E-state index contributed by atoms with van der Waals surface area (Å²) in [5, 5.41) is 10.7. The largest absolute Gasteiger partial charge is 0.493 e. The average Bonchev–Trinajstić information content (AvgIpc) is 2.94. The molecule has 3 rings (SSSR count). The number of benzene rings is 1. The van der Waals surface area contributed by atoms with Gasteiger partial charge >= 0.3 is 0 Å². The number of fused-ring (bicyclic) bond motifs is 1. The molecule has 1 saturated carbocycles. The number of halogens is 1. The minimum atomic E-state index is -0.268. The fourth-order valence-corrected chi connectivity index (χ4v) is 4.48. The molecule has 0 bridgehead atoms. The van der Waals surface area contributed by atoms with Crippen molar-refractivity contribution in [3.63, 3.8) is 0 Å². The van der Waals surface area contributed by atoms with Gasteiger partial charge in [0.05, 0.1) is 12.7 Å². The molecule has 1 aromatic carbocycles. The van der Waals surface area contributed by atoms with Crippen LogP contribution in [-0.4, -0.2) is 17.8 Å². The number of aliphatic hydroxyl groups is 1. The van der Waals surface area contributed by atoms with Gasteiger partial charge in [-0.2, -0.15) is 0 Å². The molecule has 1 N–H and O–H groups in total. The summed E-state index contributed by atoms with van der Waals surface area (Å²) in [6.07, 6.45) is 5.02. The van der Waals surface area contributed by atoms with Crippen molar-refractivity contribution in [3.05, 3.63) is 27.7 Å². The molecule has 1 fully saturated rings. The van der Waals surface area contributed by atoms with Crippen molar-refractivity contribution in [2.24, 2.45) is 11.3 Å². The second-order valence-corrected chi connectivity index (χ2v) is 7.83. The van der Waals surface area contributed by atoms with Gasteiger partial charge in [0.15, 0.2) is 0 Å². The van der Waals surface area contributed by atoms with Crippen LogP contribution < -0.4 is 4.74 Å². The first-order valence-electron chi connectivity index (χ1n) is 7.59. The van der Waals surface area contributed by atoms with Crippen LogP contribution in [0.3, 0.4) is 0 Å². The number of ether oxygens (including phenoxy) is 1. The summed E-state index contributed by atoms with van der Waals surface area (Å²) in [5.41, 5.74) is 2.68. The Balaban J connectivity index is 1.81. The van der Waals surface area contributed by atoms with Crippen molar-refractivity contribution >= 4 is 15.9 Å². The van der Waals surface area contributed by atoms with Gasteiger partial charge in [-0.3, -0.25) is 0 Å². The zero-order chi connectivity index (χ0) is 14.3. The molecule has 3 heteroatoms. The second kappa shape index (κ2) is 5.34. The fraction of sp³-hybridized carbons (Fsp3) is 0.647. The number of hydrogen-bond donors (Lipinski definition) is 1. The molecule has 0 amide bonds.